The van der Waals surface area contributed by atoms with E-state index in [1.807, 2.05) is 31.2 Å². The molecule has 0 bridgehead atoms. The number of piperidine rings is 1. The number of hydrogen-bond donors (Lipinski definition) is 2. The third kappa shape index (κ3) is 6.60. The number of nitrogens with two attached hydrogens (primary N) is 1. The molecule has 1 amide bonds. The molecular formula is C18H31Cl2N3O. The van der Waals surface area contributed by atoms with Crippen molar-refractivity contribution in [1.82, 2.24) is 10.2 Å². The molecule has 3 atom stereocenters. The fourth-order valence-corrected chi connectivity index (χ4v) is 3.04. The lowest BCUT2D eigenvalue weighted by atomic mass is 9.99. The van der Waals surface area contributed by atoms with Gasteiger partial charge in [0.05, 0.1) is 0 Å². The summed E-state index contributed by atoms with van der Waals surface area (Å²) in [4.78, 5) is 14.7. The molecule has 1 saturated heterocycles. The number of amides is 1. The van der Waals surface area contributed by atoms with Crippen molar-refractivity contribution in [1.29, 1.82) is 0 Å². The number of rotatable bonds is 5. The molecule has 1 aromatic rings. The lowest BCUT2D eigenvalue weighted by Crippen LogP contribution is -2.47. The van der Waals surface area contributed by atoms with Crippen LogP contribution < -0.4 is 11.1 Å². The molecule has 3 unspecified atom stereocenters. The molecule has 4 nitrogen and oxygen atoms in total. The summed E-state index contributed by atoms with van der Waals surface area (Å²) in [6.07, 6.45) is 2.57. The van der Waals surface area contributed by atoms with Crippen LogP contribution in [-0.2, 0) is 4.79 Å². The first-order valence-electron chi connectivity index (χ1n) is 8.31. The Morgan fingerprint density at radius 3 is 2.54 bits per heavy atom. The molecule has 0 radical (unpaired) electrons. The van der Waals surface area contributed by atoms with E-state index in [4.69, 9.17) is 5.73 Å². The molecule has 1 heterocycles. The molecule has 1 fully saturated rings. The highest BCUT2D eigenvalue weighted by Gasteiger charge is 2.22. The quantitative estimate of drug-likeness (QED) is 0.830. The van der Waals surface area contributed by atoms with Crippen molar-refractivity contribution in [3.05, 3.63) is 35.4 Å². The minimum absolute atomic E-state index is 0. The maximum atomic E-state index is 12.2. The molecule has 0 spiro atoms. The molecule has 1 aliphatic rings. The Labute approximate surface area is 158 Å². The fourth-order valence-electron chi connectivity index (χ4n) is 3.04. The van der Waals surface area contributed by atoms with Crippen molar-refractivity contribution in [3.8, 4) is 0 Å². The standard InChI is InChI=1S/C18H29N3O.2ClH/c1-13-6-8-16(9-7-13)17(19)18(22)20-11-15(3)21-10-4-5-14(2)12-21;;/h6-9,14-15,17H,4-5,10-12,19H2,1-3H3,(H,20,22);2*1H. The number of carbonyl (C=O) groups excluding carboxylic acids is 1. The van der Waals surface area contributed by atoms with Crippen LogP contribution in [0.5, 0.6) is 0 Å². The molecule has 138 valence electrons. The summed E-state index contributed by atoms with van der Waals surface area (Å²) in [5.41, 5.74) is 8.08. The van der Waals surface area contributed by atoms with E-state index in [9.17, 15) is 4.79 Å². The molecule has 2 rings (SSSR count). The first-order valence-corrected chi connectivity index (χ1v) is 8.31. The van der Waals surface area contributed by atoms with Crippen molar-refractivity contribution in [3.63, 3.8) is 0 Å². The zero-order valence-corrected chi connectivity index (χ0v) is 16.5. The molecule has 3 N–H and O–H groups in total. The number of nitrogens with one attached hydrogen (secondary N) is 1. The largest absolute Gasteiger partial charge is 0.353 e. The predicted molar refractivity (Wildman–Crippen MR) is 105 cm³/mol. The Balaban J connectivity index is 0.00000264. The van der Waals surface area contributed by atoms with Crippen LogP contribution in [0.2, 0.25) is 0 Å². The molecule has 1 aromatic carbocycles. The number of likely N-dealkylation sites (tertiary alicyclic amines) is 1. The second kappa shape index (κ2) is 10.9. The average Bonchev–Trinajstić information content (AvgIpc) is 2.52. The van der Waals surface area contributed by atoms with Gasteiger partial charge < -0.3 is 11.1 Å². The zero-order valence-electron chi connectivity index (χ0n) is 14.8. The minimum Gasteiger partial charge on any atom is -0.353 e. The number of benzene rings is 1. The zero-order chi connectivity index (χ0) is 16.1. The Bertz CT molecular complexity index is 496. The normalized spacial score (nSPS) is 20.2. The number of aryl methyl sites for hydroxylation is 1. The van der Waals surface area contributed by atoms with Crippen LogP contribution in [-0.4, -0.2) is 36.5 Å². The van der Waals surface area contributed by atoms with Gasteiger partial charge in [0, 0.05) is 19.1 Å². The molecule has 0 aliphatic carbocycles. The van der Waals surface area contributed by atoms with E-state index in [1.165, 1.54) is 18.4 Å². The highest BCUT2D eigenvalue weighted by atomic mass is 35.5. The second-order valence-corrected chi connectivity index (χ2v) is 6.72. The van der Waals surface area contributed by atoms with Gasteiger partial charge in [0.25, 0.3) is 0 Å². The highest BCUT2D eigenvalue weighted by molar-refractivity contribution is 5.85. The third-order valence-electron chi connectivity index (χ3n) is 4.60. The lowest BCUT2D eigenvalue weighted by Gasteiger charge is -2.35. The number of halogens is 2. The number of hydrogen-bond acceptors (Lipinski definition) is 3. The summed E-state index contributed by atoms with van der Waals surface area (Å²) in [5, 5.41) is 3.00. The topological polar surface area (TPSA) is 58.4 Å². The van der Waals surface area contributed by atoms with Gasteiger partial charge in [0.15, 0.2) is 0 Å². The summed E-state index contributed by atoms with van der Waals surface area (Å²) in [6, 6.07) is 7.59. The molecule has 6 heteroatoms. The fraction of sp³-hybridized carbons (Fsp3) is 0.611. The highest BCUT2D eigenvalue weighted by Crippen LogP contribution is 2.17. The first-order chi connectivity index (χ1) is 10.5. The van der Waals surface area contributed by atoms with Crippen LogP contribution in [0.4, 0.5) is 0 Å². The van der Waals surface area contributed by atoms with E-state index in [0.29, 0.717) is 12.6 Å². The van der Waals surface area contributed by atoms with E-state index >= 15 is 0 Å². The van der Waals surface area contributed by atoms with E-state index in [2.05, 4.69) is 24.1 Å². The van der Waals surface area contributed by atoms with Crippen molar-refractivity contribution in [2.24, 2.45) is 11.7 Å². The SMILES string of the molecule is Cc1ccc(C(N)C(=O)NCC(C)N2CCCC(C)C2)cc1.Cl.Cl. The molecular weight excluding hydrogens is 345 g/mol. The van der Waals surface area contributed by atoms with Crippen molar-refractivity contribution >= 4 is 30.7 Å². The average molecular weight is 376 g/mol. The summed E-state index contributed by atoms with van der Waals surface area (Å²) in [7, 11) is 0. The second-order valence-electron chi connectivity index (χ2n) is 6.72. The predicted octanol–water partition coefficient (Wildman–Crippen LogP) is 3.08. The van der Waals surface area contributed by atoms with E-state index in [0.717, 1.165) is 24.6 Å². The van der Waals surface area contributed by atoms with Crippen LogP contribution in [0.15, 0.2) is 24.3 Å². The van der Waals surface area contributed by atoms with Crippen molar-refractivity contribution in [2.45, 2.75) is 45.7 Å². The van der Waals surface area contributed by atoms with Crippen LogP contribution in [0.3, 0.4) is 0 Å². The van der Waals surface area contributed by atoms with Gasteiger partial charge in [0.2, 0.25) is 5.91 Å². The van der Waals surface area contributed by atoms with Gasteiger partial charge in [-0.05, 0) is 44.7 Å². The van der Waals surface area contributed by atoms with Crippen LogP contribution in [0.1, 0.15) is 43.9 Å². The van der Waals surface area contributed by atoms with Gasteiger partial charge in [-0.1, -0.05) is 36.8 Å². The van der Waals surface area contributed by atoms with Gasteiger partial charge in [-0.2, -0.15) is 0 Å². The summed E-state index contributed by atoms with van der Waals surface area (Å²) in [5.74, 6) is 0.655. The summed E-state index contributed by atoms with van der Waals surface area (Å²) < 4.78 is 0. The van der Waals surface area contributed by atoms with E-state index in [1.54, 1.807) is 0 Å². The van der Waals surface area contributed by atoms with Gasteiger partial charge in [0.1, 0.15) is 6.04 Å². The lowest BCUT2D eigenvalue weighted by molar-refractivity contribution is -0.122. The Morgan fingerprint density at radius 1 is 1.33 bits per heavy atom. The molecule has 1 aliphatic heterocycles. The Kier molecular flexibility index (Phi) is 10.6. The molecule has 0 aromatic heterocycles. The van der Waals surface area contributed by atoms with Crippen molar-refractivity contribution < 1.29 is 4.79 Å². The van der Waals surface area contributed by atoms with Gasteiger partial charge in [-0.3, -0.25) is 9.69 Å². The van der Waals surface area contributed by atoms with Crippen molar-refractivity contribution in [2.75, 3.05) is 19.6 Å². The first kappa shape index (κ1) is 23.2. The van der Waals surface area contributed by atoms with Gasteiger partial charge in [-0.25, -0.2) is 0 Å². The maximum absolute atomic E-state index is 12.2. The van der Waals surface area contributed by atoms with Crippen LogP contribution >= 0.6 is 24.8 Å². The molecule has 24 heavy (non-hydrogen) atoms. The third-order valence-corrected chi connectivity index (χ3v) is 4.60. The van der Waals surface area contributed by atoms with Crippen LogP contribution in [0.25, 0.3) is 0 Å². The monoisotopic (exact) mass is 375 g/mol. The smallest absolute Gasteiger partial charge is 0.241 e. The van der Waals surface area contributed by atoms with Gasteiger partial charge >= 0.3 is 0 Å². The summed E-state index contributed by atoms with van der Waals surface area (Å²) in [6.45, 7) is 9.41. The van der Waals surface area contributed by atoms with Crippen LogP contribution in [0, 0.1) is 12.8 Å². The summed E-state index contributed by atoms with van der Waals surface area (Å²) >= 11 is 0. The van der Waals surface area contributed by atoms with Gasteiger partial charge in [-0.15, -0.1) is 24.8 Å². The van der Waals surface area contributed by atoms with E-state index in [-0.39, 0.29) is 30.7 Å². The maximum Gasteiger partial charge on any atom is 0.241 e. The number of carbonyl (C=O) groups is 1. The minimum atomic E-state index is -0.590. The number of nitrogens with zero attached hydrogens (tertiary/aromatic N) is 1. The Morgan fingerprint density at radius 2 is 1.96 bits per heavy atom. The Hall–Kier alpha value is -0.810. The van der Waals surface area contributed by atoms with E-state index < -0.39 is 6.04 Å². The molecule has 0 saturated carbocycles.